The highest BCUT2D eigenvalue weighted by Gasteiger charge is 2.12. The second kappa shape index (κ2) is 5.88. The summed E-state index contributed by atoms with van der Waals surface area (Å²) in [7, 11) is 0. The summed E-state index contributed by atoms with van der Waals surface area (Å²) >= 11 is 12.0. The quantitative estimate of drug-likeness (QED) is 0.688. The standard InChI is InChI=1S/C16H12Cl2N2O/c17-9-13-16(21)15-12(18)7-4-8-14(15)20(19-13)10-11-5-2-1-3-6-11/h1-8H,9-10H2. The van der Waals surface area contributed by atoms with Gasteiger partial charge in [-0.3, -0.25) is 9.48 Å². The molecule has 0 saturated heterocycles. The summed E-state index contributed by atoms with van der Waals surface area (Å²) in [6.45, 7) is 0.557. The number of hydrogen-bond donors (Lipinski definition) is 0. The number of fused-ring (bicyclic) bond motifs is 1. The van der Waals surface area contributed by atoms with Gasteiger partial charge in [-0.2, -0.15) is 5.10 Å². The second-order valence-corrected chi connectivity index (χ2v) is 5.36. The molecule has 0 fully saturated rings. The van der Waals surface area contributed by atoms with Crippen molar-refractivity contribution >= 4 is 34.1 Å². The van der Waals surface area contributed by atoms with E-state index in [0.717, 1.165) is 5.56 Å². The Morgan fingerprint density at radius 3 is 2.52 bits per heavy atom. The third-order valence-electron chi connectivity index (χ3n) is 3.30. The molecule has 3 rings (SSSR count). The topological polar surface area (TPSA) is 34.9 Å². The van der Waals surface area contributed by atoms with Crippen LogP contribution in [0, 0.1) is 0 Å². The number of nitrogens with zero attached hydrogens (tertiary/aromatic N) is 2. The Bertz CT molecular complexity index is 844. The van der Waals surface area contributed by atoms with Crippen molar-refractivity contribution in [3.05, 3.63) is 75.0 Å². The van der Waals surface area contributed by atoms with Crippen LogP contribution in [0.15, 0.2) is 53.3 Å². The van der Waals surface area contributed by atoms with Crippen LogP contribution in [0.1, 0.15) is 11.3 Å². The number of hydrogen-bond acceptors (Lipinski definition) is 2. The number of alkyl halides is 1. The van der Waals surface area contributed by atoms with E-state index in [-0.39, 0.29) is 11.3 Å². The molecule has 0 aliphatic carbocycles. The SMILES string of the molecule is O=c1c(CCl)nn(Cc2ccccc2)c2cccc(Cl)c12. The number of rotatable bonds is 3. The molecule has 1 aromatic heterocycles. The van der Waals surface area contributed by atoms with Crippen molar-refractivity contribution in [1.29, 1.82) is 0 Å². The lowest BCUT2D eigenvalue weighted by molar-refractivity contribution is 0.680. The average molecular weight is 319 g/mol. The van der Waals surface area contributed by atoms with E-state index < -0.39 is 0 Å². The van der Waals surface area contributed by atoms with Crippen LogP contribution in [0.4, 0.5) is 0 Å². The van der Waals surface area contributed by atoms with Gasteiger partial charge in [-0.1, -0.05) is 48.0 Å². The van der Waals surface area contributed by atoms with Crippen LogP contribution in [0.2, 0.25) is 5.02 Å². The predicted molar refractivity (Wildman–Crippen MR) is 86.1 cm³/mol. The molecular formula is C16H12Cl2N2O. The third-order valence-corrected chi connectivity index (χ3v) is 3.87. The Morgan fingerprint density at radius 2 is 1.81 bits per heavy atom. The zero-order chi connectivity index (χ0) is 14.8. The summed E-state index contributed by atoms with van der Waals surface area (Å²) in [5.41, 5.74) is 1.92. The van der Waals surface area contributed by atoms with E-state index in [1.165, 1.54) is 0 Å². The molecule has 0 radical (unpaired) electrons. The van der Waals surface area contributed by atoms with Crippen LogP contribution in [0.3, 0.4) is 0 Å². The van der Waals surface area contributed by atoms with Crippen molar-refractivity contribution in [2.45, 2.75) is 12.4 Å². The zero-order valence-electron chi connectivity index (χ0n) is 11.1. The molecule has 0 unspecified atom stereocenters. The molecule has 0 N–H and O–H groups in total. The van der Waals surface area contributed by atoms with Crippen molar-refractivity contribution in [2.24, 2.45) is 0 Å². The van der Waals surface area contributed by atoms with Crippen molar-refractivity contribution in [1.82, 2.24) is 9.78 Å². The molecular weight excluding hydrogens is 307 g/mol. The zero-order valence-corrected chi connectivity index (χ0v) is 12.6. The summed E-state index contributed by atoms with van der Waals surface area (Å²) in [6.07, 6.45) is 0. The molecule has 5 heteroatoms. The van der Waals surface area contributed by atoms with Crippen molar-refractivity contribution < 1.29 is 0 Å². The highest BCUT2D eigenvalue weighted by atomic mass is 35.5. The molecule has 0 bridgehead atoms. The van der Waals surface area contributed by atoms with E-state index in [9.17, 15) is 4.79 Å². The number of benzene rings is 2. The van der Waals surface area contributed by atoms with Gasteiger partial charge in [0, 0.05) is 0 Å². The maximum absolute atomic E-state index is 12.3. The van der Waals surface area contributed by atoms with Crippen molar-refractivity contribution in [3.63, 3.8) is 0 Å². The molecule has 21 heavy (non-hydrogen) atoms. The average Bonchev–Trinajstić information content (AvgIpc) is 2.51. The van der Waals surface area contributed by atoms with Crippen LogP contribution in [0.5, 0.6) is 0 Å². The van der Waals surface area contributed by atoms with Gasteiger partial charge in [-0.25, -0.2) is 0 Å². The van der Waals surface area contributed by atoms with Gasteiger partial charge in [0.2, 0.25) is 5.43 Å². The first kappa shape index (κ1) is 14.1. The Balaban J connectivity index is 2.25. The van der Waals surface area contributed by atoms with Crippen LogP contribution < -0.4 is 5.43 Å². The van der Waals surface area contributed by atoms with E-state index in [0.29, 0.717) is 28.2 Å². The summed E-state index contributed by atoms with van der Waals surface area (Å²) < 4.78 is 1.77. The Morgan fingerprint density at radius 1 is 1.05 bits per heavy atom. The smallest absolute Gasteiger partial charge is 0.213 e. The first-order valence-electron chi connectivity index (χ1n) is 6.49. The van der Waals surface area contributed by atoms with Crippen molar-refractivity contribution in [3.8, 4) is 0 Å². The maximum Gasteiger partial charge on any atom is 0.213 e. The third kappa shape index (κ3) is 2.67. The van der Waals surface area contributed by atoms with Crippen LogP contribution >= 0.6 is 23.2 Å². The molecule has 1 heterocycles. The Hall–Kier alpha value is -1.84. The van der Waals surface area contributed by atoms with E-state index in [4.69, 9.17) is 23.2 Å². The van der Waals surface area contributed by atoms with Crippen molar-refractivity contribution in [2.75, 3.05) is 0 Å². The molecule has 106 valence electrons. The van der Waals surface area contributed by atoms with Gasteiger partial charge in [-0.15, -0.1) is 11.6 Å². The summed E-state index contributed by atoms with van der Waals surface area (Å²) in [4.78, 5) is 12.3. The second-order valence-electron chi connectivity index (χ2n) is 4.69. The number of aromatic nitrogens is 2. The molecule has 0 aliphatic heterocycles. The van der Waals surface area contributed by atoms with Gasteiger partial charge < -0.3 is 0 Å². The van der Waals surface area contributed by atoms with Gasteiger partial charge in [-0.05, 0) is 17.7 Å². The van der Waals surface area contributed by atoms with Gasteiger partial charge in [0.25, 0.3) is 0 Å². The van der Waals surface area contributed by atoms with E-state index in [1.807, 2.05) is 42.5 Å². The Kier molecular flexibility index (Phi) is 3.95. The van der Waals surface area contributed by atoms with Gasteiger partial charge in [0.1, 0.15) is 5.69 Å². The monoisotopic (exact) mass is 318 g/mol. The van der Waals surface area contributed by atoms with Gasteiger partial charge in [0.15, 0.2) is 0 Å². The molecule has 0 saturated carbocycles. The Labute approximate surface area is 131 Å². The number of halogens is 2. The predicted octanol–water partition coefficient (Wildman–Crippen LogP) is 3.84. The largest absolute Gasteiger partial charge is 0.287 e. The maximum atomic E-state index is 12.3. The van der Waals surface area contributed by atoms with Gasteiger partial charge >= 0.3 is 0 Å². The molecule has 0 aliphatic rings. The molecule has 2 aromatic carbocycles. The van der Waals surface area contributed by atoms with Crippen LogP contribution in [-0.2, 0) is 12.4 Å². The normalized spacial score (nSPS) is 11.0. The minimum absolute atomic E-state index is 0.0643. The van der Waals surface area contributed by atoms with Gasteiger partial charge in [0.05, 0.1) is 28.4 Å². The van der Waals surface area contributed by atoms with E-state index in [1.54, 1.807) is 10.7 Å². The minimum atomic E-state index is -0.199. The summed E-state index contributed by atoms with van der Waals surface area (Å²) in [6, 6.07) is 15.3. The lowest BCUT2D eigenvalue weighted by Gasteiger charge is -2.12. The van der Waals surface area contributed by atoms with E-state index >= 15 is 0 Å². The fourth-order valence-corrected chi connectivity index (χ4v) is 2.74. The molecule has 3 aromatic rings. The summed E-state index contributed by atoms with van der Waals surface area (Å²) in [5, 5.41) is 5.27. The first-order valence-corrected chi connectivity index (χ1v) is 7.40. The fourth-order valence-electron chi connectivity index (χ4n) is 2.31. The van der Waals surface area contributed by atoms with Crippen LogP contribution in [0.25, 0.3) is 10.9 Å². The lowest BCUT2D eigenvalue weighted by atomic mass is 10.2. The van der Waals surface area contributed by atoms with E-state index in [2.05, 4.69) is 5.10 Å². The molecule has 0 spiro atoms. The van der Waals surface area contributed by atoms with Crippen LogP contribution in [-0.4, -0.2) is 9.78 Å². The highest BCUT2D eigenvalue weighted by molar-refractivity contribution is 6.35. The molecule has 0 amide bonds. The highest BCUT2D eigenvalue weighted by Crippen LogP contribution is 2.21. The lowest BCUT2D eigenvalue weighted by Crippen LogP contribution is -2.19. The fraction of sp³-hybridized carbons (Fsp3) is 0.125. The molecule has 0 atom stereocenters. The first-order chi connectivity index (χ1) is 10.2. The minimum Gasteiger partial charge on any atom is -0.287 e. The molecule has 3 nitrogen and oxygen atoms in total. The summed E-state index contributed by atoms with van der Waals surface area (Å²) in [5.74, 6) is 0.0643.